The maximum absolute atomic E-state index is 12.1. The average Bonchev–Trinajstić information content (AvgIpc) is 2.66. The van der Waals surface area contributed by atoms with E-state index in [1.165, 1.54) is 11.8 Å². The number of carbonyl (C=O) groups excluding carboxylic acids is 2. The highest BCUT2D eigenvalue weighted by Gasteiger charge is 2.27. The second-order valence-corrected chi connectivity index (χ2v) is 6.98. The molecule has 0 saturated heterocycles. The molecule has 1 aliphatic heterocycles. The Morgan fingerprint density at radius 3 is 2.69 bits per heavy atom. The van der Waals surface area contributed by atoms with Crippen molar-refractivity contribution in [2.45, 2.75) is 24.8 Å². The summed E-state index contributed by atoms with van der Waals surface area (Å²) in [5.74, 6) is 0.572. The Bertz CT molecular complexity index is 825. The number of hydrazine groups is 1. The van der Waals surface area contributed by atoms with Crippen LogP contribution in [0.2, 0.25) is 0 Å². The van der Waals surface area contributed by atoms with Crippen molar-refractivity contribution in [1.82, 2.24) is 10.9 Å². The van der Waals surface area contributed by atoms with Gasteiger partial charge in [0, 0.05) is 4.90 Å². The second kappa shape index (κ2) is 8.14. The molecule has 6 nitrogen and oxygen atoms in total. The van der Waals surface area contributed by atoms with Crippen molar-refractivity contribution in [3.05, 3.63) is 53.6 Å². The fourth-order valence-corrected chi connectivity index (χ4v) is 3.33. The van der Waals surface area contributed by atoms with E-state index in [0.717, 1.165) is 16.0 Å². The van der Waals surface area contributed by atoms with Crippen LogP contribution in [0.25, 0.3) is 0 Å². The Balaban J connectivity index is 1.46. The van der Waals surface area contributed by atoms with Gasteiger partial charge in [-0.05, 0) is 37.6 Å². The Kier molecular flexibility index (Phi) is 5.68. The monoisotopic (exact) mass is 372 g/mol. The number of carbonyl (C=O) groups is 2. The van der Waals surface area contributed by atoms with Crippen LogP contribution >= 0.6 is 11.8 Å². The van der Waals surface area contributed by atoms with E-state index in [9.17, 15) is 9.59 Å². The van der Waals surface area contributed by atoms with Crippen LogP contribution in [0, 0.1) is 13.8 Å². The number of nitrogens with one attached hydrogen (secondary N) is 2. The Morgan fingerprint density at radius 1 is 1.12 bits per heavy atom. The number of benzene rings is 2. The standard InChI is InChI=1S/C19H20N2O4S/c1-12-7-8-13(2)17(9-12)26-11-18(22)20-21-19(23)16-10-24-14-5-3-4-6-15(14)25-16/h3-9,16H,10-11H2,1-2H3,(H,20,22)(H,21,23)/t16-/m1/s1. The lowest BCUT2D eigenvalue weighted by molar-refractivity contribution is -0.134. The molecule has 1 aliphatic rings. The van der Waals surface area contributed by atoms with Gasteiger partial charge in [0.1, 0.15) is 6.61 Å². The lowest BCUT2D eigenvalue weighted by Crippen LogP contribution is -2.51. The lowest BCUT2D eigenvalue weighted by Gasteiger charge is -2.25. The summed E-state index contributed by atoms with van der Waals surface area (Å²) in [7, 11) is 0. The largest absolute Gasteiger partial charge is 0.485 e. The number of amides is 2. The maximum Gasteiger partial charge on any atom is 0.283 e. The quantitative estimate of drug-likeness (QED) is 0.637. The number of thioether (sulfide) groups is 1. The van der Waals surface area contributed by atoms with Crippen molar-refractivity contribution in [2.75, 3.05) is 12.4 Å². The zero-order valence-corrected chi connectivity index (χ0v) is 15.4. The van der Waals surface area contributed by atoms with E-state index < -0.39 is 12.0 Å². The minimum absolute atomic E-state index is 0.0932. The molecule has 0 saturated carbocycles. The van der Waals surface area contributed by atoms with Crippen LogP contribution < -0.4 is 20.3 Å². The summed E-state index contributed by atoms with van der Waals surface area (Å²) in [5.41, 5.74) is 7.06. The number of hydrogen-bond acceptors (Lipinski definition) is 5. The van der Waals surface area contributed by atoms with Crippen LogP contribution in [-0.4, -0.2) is 30.3 Å². The third-order valence-corrected chi connectivity index (χ3v) is 4.99. The Hall–Kier alpha value is -2.67. The van der Waals surface area contributed by atoms with Crippen molar-refractivity contribution in [2.24, 2.45) is 0 Å². The molecule has 0 radical (unpaired) electrons. The zero-order valence-electron chi connectivity index (χ0n) is 14.6. The smallest absolute Gasteiger partial charge is 0.283 e. The topological polar surface area (TPSA) is 76.7 Å². The van der Waals surface area contributed by atoms with Gasteiger partial charge in [0.25, 0.3) is 5.91 Å². The number of rotatable bonds is 4. The first kappa shape index (κ1) is 18.1. The first-order chi connectivity index (χ1) is 12.5. The van der Waals surface area contributed by atoms with Crippen LogP contribution in [0.15, 0.2) is 47.4 Å². The van der Waals surface area contributed by atoms with Crippen LogP contribution in [0.5, 0.6) is 11.5 Å². The average molecular weight is 372 g/mol. The Morgan fingerprint density at radius 2 is 1.88 bits per heavy atom. The SMILES string of the molecule is Cc1ccc(C)c(SCC(=O)NNC(=O)[C@H]2COc3ccccc3O2)c1. The van der Waals surface area contributed by atoms with Gasteiger partial charge < -0.3 is 9.47 Å². The van der Waals surface area contributed by atoms with Gasteiger partial charge in [0.05, 0.1) is 5.75 Å². The van der Waals surface area contributed by atoms with Gasteiger partial charge in [-0.15, -0.1) is 11.8 Å². The van der Waals surface area contributed by atoms with E-state index >= 15 is 0 Å². The molecule has 0 fully saturated rings. The number of para-hydroxylation sites is 2. The summed E-state index contributed by atoms with van der Waals surface area (Å²) in [4.78, 5) is 25.2. The first-order valence-electron chi connectivity index (χ1n) is 8.20. The van der Waals surface area contributed by atoms with E-state index in [0.29, 0.717) is 11.5 Å². The van der Waals surface area contributed by atoms with E-state index in [2.05, 4.69) is 10.9 Å². The predicted octanol–water partition coefficient (Wildman–Crippen LogP) is 2.38. The van der Waals surface area contributed by atoms with Crippen LogP contribution in [0.3, 0.4) is 0 Å². The molecule has 3 rings (SSSR count). The molecule has 136 valence electrons. The van der Waals surface area contributed by atoms with Crippen LogP contribution in [-0.2, 0) is 9.59 Å². The molecule has 2 amide bonds. The van der Waals surface area contributed by atoms with Crippen molar-refractivity contribution >= 4 is 23.6 Å². The minimum Gasteiger partial charge on any atom is -0.485 e. The van der Waals surface area contributed by atoms with Gasteiger partial charge in [-0.1, -0.05) is 29.8 Å². The van der Waals surface area contributed by atoms with Crippen molar-refractivity contribution in [3.63, 3.8) is 0 Å². The van der Waals surface area contributed by atoms with Crippen molar-refractivity contribution in [1.29, 1.82) is 0 Å². The van der Waals surface area contributed by atoms with Gasteiger partial charge in [-0.25, -0.2) is 0 Å². The fraction of sp³-hybridized carbons (Fsp3) is 0.263. The van der Waals surface area contributed by atoms with Gasteiger partial charge in [0.15, 0.2) is 11.5 Å². The molecule has 2 aromatic rings. The van der Waals surface area contributed by atoms with Crippen molar-refractivity contribution < 1.29 is 19.1 Å². The molecule has 7 heteroatoms. The molecule has 0 unspecified atom stereocenters. The lowest BCUT2D eigenvalue weighted by atomic mass is 10.2. The summed E-state index contributed by atoms with van der Waals surface area (Å²) < 4.78 is 11.1. The second-order valence-electron chi connectivity index (χ2n) is 5.96. The van der Waals surface area contributed by atoms with Gasteiger partial charge in [0.2, 0.25) is 12.0 Å². The van der Waals surface area contributed by atoms with Crippen molar-refractivity contribution in [3.8, 4) is 11.5 Å². The molecular weight excluding hydrogens is 352 g/mol. The molecule has 1 heterocycles. The number of ether oxygens (including phenoxy) is 2. The predicted molar refractivity (Wildman–Crippen MR) is 99.3 cm³/mol. The van der Waals surface area contributed by atoms with E-state index in [4.69, 9.17) is 9.47 Å². The van der Waals surface area contributed by atoms with Gasteiger partial charge in [-0.3, -0.25) is 20.4 Å². The van der Waals surface area contributed by atoms with Gasteiger partial charge in [-0.2, -0.15) is 0 Å². The molecule has 2 N–H and O–H groups in total. The summed E-state index contributed by atoms with van der Waals surface area (Å²) in [6.07, 6.45) is -0.808. The first-order valence-corrected chi connectivity index (χ1v) is 9.19. The molecule has 26 heavy (non-hydrogen) atoms. The molecule has 0 aliphatic carbocycles. The summed E-state index contributed by atoms with van der Waals surface area (Å²) in [5, 5.41) is 0. The zero-order chi connectivity index (χ0) is 18.5. The highest BCUT2D eigenvalue weighted by molar-refractivity contribution is 8.00. The third-order valence-electron chi connectivity index (χ3n) is 3.83. The van der Waals surface area contributed by atoms with E-state index in [1.54, 1.807) is 18.2 Å². The highest BCUT2D eigenvalue weighted by Crippen LogP contribution is 2.30. The highest BCUT2D eigenvalue weighted by atomic mass is 32.2. The minimum atomic E-state index is -0.808. The normalized spacial score (nSPS) is 15.2. The number of fused-ring (bicyclic) bond motifs is 1. The van der Waals surface area contributed by atoms with E-state index in [1.807, 2.05) is 38.1 Å². The summed E-state index contributed by atoms with van der Waals surface area (Å²) >= 11 is 1.43. The number of hydrogen-bond donors (Lipinski definition) is 2. The summed E-state index contributed by atoms with van der Waals surface area (Å²) in [6.45, 7) is 4.10. The molecular formula is C19H20N2O4S. The molecule has 1 atom stereocenters. The Labute approximate surface area is 156 Å². The molecule has 0 aromatic heterocycles. The molecule has 0 bridgehead atoms. The van der Waals surface area contributed by atoms with E-state index in [-0.39, 0.29) is 18.3 Å². The number of aryl methyl sites for hydroxylation is 2. The molecule has 2 aromatic carbocycles. The third kappa shape index (κ3) is 4.49. The maximum atomic E-state index is 12.1. The molecule has 0 spiro atoms. The van der Waals surface area contributed by atoms with Gasteiger partial charge >= 0.3 is 0 Å². The fourth-order valence-electron chi connectivity index (χ4n) is 2.40. The van der Waals surface area contributed by atoms with Crippen LogP contribution in [0.4, 0.5) is 0 Å². The van der Waals surface area contributed by atoms with Crippen LogP contribution in [0.1, 0.15) is 11.1 Å². The summed E-state index contributed by atoms with van der Waals surface area (Å²) in [6, 6.07) is 13.2.